The minimum Gasteiger partial charge on any atom is -0.462 e. The number of carbonyl (C=O) groups is 2. The van der Waals surface area contributed by atoms with E-state index in [9.17, 15) is 19.0 Å². The second-order valence-corrected chi connectivity index (χ2v) is 22.7. The van der Waals surface area contributed by atoms with Crippen molar-refractivity contribution in [3.05, 3.63) is 158 Å². The molecule has 0 aromatic rings. The number of phosphoric acid groups is 1. The van der Waals surface area contributed by atoms with Gasteiger partial charge in [-0.2, -0.15) is 0 Å². The highest BCUT2D eigenvalue weighted by molar-refractivity contribution is 7.47. The van der Waals surface area contributed by atoms with Crippen LogP contribution in [0.15, 0.2) is 158 Å². The van der Waals surface area contributed by atoms with E-state index in [1.165, 1.54) is 103 Å². The number of esters is 2. The van der Waals surface area contributed by atoms with Crippen molar-refractivity contribution in [3.63, 3.8) is 0 Å². The monoisotopic (exact) mass is 1170 g/mol. The second-order valence-electron chi connectivity index (χ2n) is 21.2. The third kappa shape index (κ3) is 66.6. The summed E-state index contributed by atoms with van der Waals surface area (Å²) >= 11 is 0. The Kier molecular flexibility index (Phi) is 63.3. The van der Waals surface area contributed by atoms with Gasteiger partial charge in [0.05, 0.1) is 13.2 Å². The fraction of sp³-hybridized carbons (Fsp3) is 0.616. The van der Waals surface area contributed by atoms with E-state index < -0.39 is 32.5 Å². The molecule has 0 spiro atoms. The number of allylic oxidation sites excluding steroid dienone is 26. The van der Waals surface area contributed by atoms with Gasteiger partial charge in [-0.3, -0.25) is 18.6 Å². The molecule has 0 aliphatic carbocycles. The molecule has 0 aromatic carbocycles. The van der Waals surface area contributed by atoms with Gasteiger partial charge in [0.2, 0.25) is 0 Å². The number of phosphoric ester groups is 1. The van der Waals surface area contributed by atoms with Crippen LogP contribution in [-0.4, -0.2) is 49.3 Å². The molecule has 3 N–H and O–H groups in total. The lowest BCUT2D eigenvalue weighted by atomic mass is 10.0. The van der Waals surface area contributed by atoms with Crippen molar-refractivity contribution in [2.75, 3.05) is 26.4 Å². The summed E-state index contributed by atoms with van der Waals surface area (Å²) in [5, 5.41) is 0. The minimum absolute atomic E-state index is 0.0409. The van der Waals surface area contributed by atoms with E-state index in [4.69, 9.17) is 24.3 Å². The summed E-state index contributed by atoms with van der Waals surface area (Å²) in [6, 6.07) is 0. The zero-order valence-corrected chi connectivity index (χ0v) is 53.5. The number of hydrogen-bond donors (Lipinski definition) is 2. The molecule has 0 fully saturated rings. The van der Waals surface area contributed by atoms with Crippen molar-refractivity contribution in [1.29, 1.82) is 0 Å². The fourth-order valence-corrected chi connectivity index (χ4v) is 9.39. The largest absolute Gasteiger partial charge is 0.472 e. The first kappa shape index (κ1) is 78.6. The van der Waals surface area contributed by atoms with Crippen molar-refractivity contribution in [1.82, 2.24) is 0 Å². The topological polar surface area (TPSA) is 134 Å². The molecular formula is C73H120NO8P. The van der Waals surface area contributed by atoms with Crippen molar-refractivity contribution >= 4 is 19.8 Å². The van der Waals surface area contributed by atoms with E-state index in [0.717, 1.165) is 116 Å². The normalized spacial score (nSPS) is 14.0. The number of unbranched alkanes of at least 4 members (excludes halogenated alkanes) is 21. The van der Waals surface area contributed by atoms with Crippen LogP contribution in [0.25, 0.3) is 0 Å². The zero-order valence-electron chi connectivity index (χ0n) is 52.6. The van der Waals surface area contributed by atoms with E-state index in [0.29, 0.717) is 12.8 Å². The predicted molar refractivity (Wildman–Crippen MR) is 357 cm³/mol. The molecule has 0 aromatic heterocycles. The van der Waals surface area contributed by atoms with Gasteiger partial charge in [0, 0.05) is 19.4 Å². The zero-order chi connectivity index (χ0) is 60.1. The number of ether oxygens (including phenoxy) is 2. The highest BCUT2D eigenvalue weighted by atomic mass is 31.2. The van der Waals surface area contributed by atoms with Crippen LogP contribution in [0.4, 0.5) is 0 Å². The highest BCUT2D eigenvalue weighted by Gasteiger charge is 2.26. The molecule has 470 valence electrons. The fourth-order valence-electron chi connectivity index (χ4n) is 8.62. The Balaban J connectivity index is 3.91. The molecule has 83 heavy (non-hydrogen) atoms. The molecule has 2 unspecified atom stereocenters. The predicted octanol–water partition coefficient (Wildman–Crippen LogP) is 21.6. The Morgan fingerprint density at radius 1 is 0.361 bits per heavy atom. The van der Waals surface area contributed by atoms with Crippen LogP contribution in [0, 0.1) is 0 Å². The minimum atomic E-state index is -4.41. The lowest BCUT2D eigenvalue weighted by Crippen LogP contribution is -2.29. The summed E-state index contributed by atoms with van der Waals surface area (Å²) in [6.07, 6.45) is 97.6. The number of hydrogen-bond acceptors (Lipinski definition) is 8. The van der Waals surface area contributed by atoms with Crippen LogP contribution >= 0.6 is 7.82 Å². The van der Waals surface area contributed by atoms with E-state index in [-0.39, 0.29) is 32.6 Å². The summed E-state index contributed by atoms with van der Waals surface area (Å²) in [4.78, 5) is 35.2. The maximum absolute atomic E-state index is 12.7. The Bertz CT molecular complexity index is 1920. The van der Waals surface area contributed by atoms with Crippen molar-refractivity contribution in [2.24, 2.45) is 5.73 Å². The summed E-state index contributed by atoms with van der Waals surface area (Å²) in [5.41, 5.74) is 5.39. The van der Waals surface area contributed by atoms with Gasteiger partial charge < -0.3 is 20.1 Å². The molecule has 0 aliphatic rings. The van der Waals surface area contributed by atoms with Crippen LogP contribution in [0.2, 0.25) is 0 Å². The van der Waals surface area contributed by atoms with Gasteiger partial charge in [0.1, 0.15) is 6.61 Å². The van der Waals surface area contributed by atoms with Crippen LogP contribution in [0.3, 0.4) is 0 Å². The molecule has 0 rings (SSSR count). The number of rotatable bonds is 60. The Hall–Kier alpha value is -4.37. The molecule has 0 aliphatic heterocycles. The average molecular weight is 1170 g/mol. The molecular weight excluding hydrogens is 1050 g/mol. The van der Waals surface area contributed by atoms with Gasteiger partial charge in [-0.25, -0.2) is 4.57 Å². The Morgan fingerprint density at radius 3 is 0.952 bits per heavy atom. The summed E-state index contributed by atoms with van der Waals surface area (Å²) in [6.45, 7) is 3.46. The summed E-state index contributed by atoms with van der Waals surface area (Å²) in [7, 11) is -4.41. The van der Waals surface area contributed by atoms with E-state index in [2.05, 4.69) is 172 Å². The first-order valence-electron chi connectivity index (χ1n) is 33.0. The molecule has 2 atom stereocenters. The summed E-state index contributed by atoms with van der Waals surface area (Å²) in [5.74, 6) is -0.882. The number of nitrogens with two attached hydrogens (primary N) is 1. The van der Waals surface area contributed by atoms with Gasteiger partial charge in [-0.1, -0.05) is 281 Å². The van der Waals surface area contributed by atoms with E-state index in [1.54, 1.807) is 0 Å². The standard InChI is InChI=1S/C73H120NO8P/c1-3-5-7-9-11-13-15-17-19-21-23-25-26-27-28-29-30-31-32-33-34-35-36-37-38-39-40-41-42-43-44-46-48-50-52-54-56-58-60-62-64-66-73(76)82-71(70-81-83(77,78)80-68-67-74)69-79-72(75)65-63-61-59-57-55-53-51-49-47-45-24-22-20-18-16-14-12-10-8-6-4-2/h5-8,11-14,17-20,23-25,27-28,30-31,33-34,45,49,51,55,57,71H,3-4,9-10,15-16,21-22,26,29,32,35-44,46-48,50,52-54,56,58-70,74H2,1-2H3,(H,77,78)/b7-5-,8-6-,13-11-,14-12-,19-17-,20-18-,25-23-,28-27-,31-30-,34-33-,45-24-,51-49-,57-55-. The molecule has 0 bridgehead atoms. The molecule has 9 nitrogen and oxygen atoms in total. The number of carbonyl (C=O) groups excluding carboxylic acids is 2. The first-order chi connectivity index (χ1) is 40.8. The van der Waals surface area contributed by atoms with E-state index in [1.807, 2.05) is 0 Å². The maximum Gasteiger partial charge on any atom is 0.472 e. The average Bonchev–Trinajstić information content (AvgIpc) is 3.49. The SMILES string of the molecule is CC/C=C\C/C=C\C/C=C\C/C=C\C/C=C\C/C=C\C/C=C\CCCCCCCCCCCCCCCCCCCCCC(=O)OC(COC(=O)CCCC/C=C\C/C=C\C/C=C\C/C=C\C/C=C\C/C=C\CC)COP(=O)(O)OCCN. The van der Waals surface area contributed by atoms with Crippen molar-refractivity contribution in [3.8, 4) is 0 Å². The smallest absolute Gasteiger partial charge is 0.462 e. The quantitative estimate of drug-likeness (QED) is 0.0264. The van der Waals surface area contributed by atoms with Gasteiger partial charge in [0.15, 0.2) is 6.10 Å². The van der Waals surface area contributed by atoms with Crippen molar-refractivity contribution < 1.29 is 37.6 Å². The molecule has 0 saturated heterocycles. The molecule has 0 amide bonds. The molecule has 10 heteroatoms. The Morgan fingerprint density at radius 2 is 0.627 bits per heavy atom. The Labute approximate surface area is 509 Å². The van der Waals surface area contributed by atoms with Gasteiger partial charge in [-0.05, 0) is 122 Å². The lowest BCUT2D eigenvalue weighted by Gasteiger charge is -2.19. The molecule has 0 heterocycles. The first-order valence-corrected chi connectivity index (χ1v) is 34.5. The van der Waals surface area contributed by atoms with Crippen LogP contribution < -0.4 is 5.73 Å². The summed E-state index contributed by atoms with van der Waals surface area (Å²) < 4.78 is 33.0. The highest BCUT2D eigenvalue weighted by Crippen LogP contribution is 2.43. The third-order valence-corrected chi connectivity index (χ3v) is 14.4. The second kappa shape index (κ2) is 66.8. The lowest BCUT2D eigenvalue weighted by molar-refractivity contribution is -0.161. The maximum atomic E-state index is 12.7. The third-order valence-electron chi connectivity index (χ3n) is 13.4. The molecule has 0 saturated carbocycles. The van der Waals surface area contributed by atoms with Crippen LogP contribution in [0.5, 0.6) is 0 Å². The van der Waals surface area contributed by atoms with Crippen molar-refractivity contribution in [2.45, 2.75) is 264 Å². The van der Waals surface area contributed by atoms with Crippen LogP contribution in [-0.2, 0) is 32.7 Å². The molecule has 0 radical (unpaired) electrons. The van der Waals surface area contributed by atoms with Crippen LogP contribution in [0.1, 0.15) is 258 Å². The van der Waals surface area contributed by atoms with Gasteiger partial charge in [0.25, 0.3) is 0 Å². The van der Waals surface area contributed by atoms with E-state index >= 15 is 0 Å². The van der Waals surface area contributed by atoms with Gasteiger partial charge in [-0.15, -0.1) is 0 Å². The van der Waals surface area contributed by atoms with Gasteiger partial charge >= 0.3 is 19.8 Å².